The largest absolute Gasteiger partial charge is 0.325 e. The Hall–Kier alpha value is -0.340. The molecule has 0 aliphatic heterocycles. The Kier molecular flexibility index (Phi) is 5.34. The van der Waals surface area contributed by atoms with E-state index in [0.29, 0.717) is 0 Å². The molecule has 0 saturated carbocycles. The third-order valence-corrected chi connectivity index (χ3v) is 4.12. The fourth-order valence-corrected chi connectivity index (χ4v) is 2.54. The molecular formula is C13H23NS. The summed E-state index contributed by atoms with van der Waals surface area (Å²) in [4.78, 5) is 1.47. The van der Waals surface area contributed by atoms with E-state index >= 15 is 0 Å². The molecule has 0 fully saturated rings. The van der Waals surface area contributed by atoms with Gasteiger partial charge >= 0.3 is 0 Å². The van der Waals surface area contributed by atoms with E-state index in [-0.39, 0.29) is 5.54 Å². The Morgan fingerprint density at radius 3 is 2.67 bits per heavy atom. The smallest absolute Gasteiger partial charge is 0.0155 e. The zero-order chi connectivity index (χ0) is 11.1. The molecule has 1 aromatic heterocycles. The molecule has 0 bridgehead atoms. The second kappa shape index (κ2) is 6.29. The van der Waals surface area contributed by atoms with Crippen molar-refractivity contribution in [3.05, 3.63) is 22.4 Å². The fraction of sp³-hybridized carbons (Fsp3) is 0.692. The highest BCUT2D eigenvalue weighted by Crippen LogP contribution is 2.23. The van der Waals surface area contributed by atoms with Gasteiger partial charge in [0.1, 0.15) is 0 Å². The summed E-state index contributed by atoms with van der Waals surface area (Å²) in [7, 11) is 0. The lowest BCUT2D eigenvalue weighted by Crippen LogP contribution is -2.39. The van der Waals surface area contributed by atoms with Crippen molar-refractivity contribution in [2.45, 2.75) is 57.9 Å². The monoisotopic (exact) mass is 225 g/mol. The molecule has 2 N–H and O–H groups in total. The van der Waals surface area contributed by atoms with E-state index in [9.17, 15) is 0 Å². The first-order valence-corrected chi connectivity index (χ1v) is 6.89. The summed E-state index contributed by atoms with van der Waals surface area (Å²) in [5.74, 6) is 0. The summed E-state index contributed by atoms with van der Waals surface area (Å²) >= 11 is 1.84. The van der Waals surface area contributed by atoms with Gasteiger partial charge in [-0.1, -0.05) is 32.8 Å². The molecule has 1 unspecified atom stereocenters. The Morgan fingerprint density at radius 2 is 2.13 bits per heavy atom. The molecule has 0 aromatic carbocycles. The zero-order valence-corrected chi connectivity index (χ0v) is 10.8. The molecule has 86 valence electrons. The van der Waals surface area contributed by atoms with E-state index in [1.54, 1.807) is 0 Å². The molecule has 1 atom stereocenters. The lowest BCUT2D eigenvalue weighted by atomic mass is 9.86. The molecule has 1 aromatic rings. The van der Waals surface area contributed by atoms with E-state index < -0.39 is 0 Å². The van der Waals surface area contributed by atoms with Crippen LogP contribution in [0.25, 0.3) is 0 Å². The standard InChI is InChI=1S/C13H23NS/c1-3-5-9-13(14,4-2)10-8-12-7-6-11-15-12/h6-7,11H,3-5,8-10,14H2,1-2H3. The summed E-state index contributed by atoms with van der Waals surface area (Å²) in [6.45, 7) is 4.44. The summed E-state index contributed by atoms with van der Waals surface area (Å²) in [6, 6.07) is 4.33. The topological polar surface area (TPSA) is 26.0 Å². The van der Waals surface area contributed by atoms with Crippen LogP contribution in [0.1, 0.15) is 50.8 Å². The normalized spacial score (nSPS) is 15.1. The molecule has 0 aliphatic carbocycles. The van der Waals surface area contributed by atoms with Crippen LogP contribution in [0.4, 0.5) is 0 Å². The number of hydrogen-bond acceptors (Lipinski definition) is 2. The highest BCUT2D eigenvalue weighted by molar-refractivity contribution is 7.09. The van der Waals surface area contributed by atoms with Crippen molar-refractivity contribution in [1.29, 1.82) is 0 Å². The lowest BCUT2D eigenvalue weighted by Gasteiger charge is -2.28. The number of rotatable bonds is 7. The minimum absolute atomic E-state index is 0.0694. The molecule has 1 heterocycles. The number of unbranched alkanes of at least 4 members (excludes halogenated alkanes) is 1. The van der Waals surface area contributed by atoms with Crippen LogP contribution in [0, 0.1) is 0 Å². The second-order valence-corrected chi connectivity index (χ2v) is 5.43. The van der Waals surface area contributed by atoms with Crippen LogP contribution in [-0.2, 0) is 6.42 Å². The predicted molar refractivity (Wildman–Crippen MR) is 69.4 cm³/mol. The van der Waals surface area contributed by atoms with Gasteiger partial charge in [0.05, 0.1) is 0 Å². The lowest BCUT2D eigenvalue weighted by molar-refractivity contribution is 0.343. The van der Waals surface area contributed by atoms with Gasteiger partial charge in [0.25, 0.3) is 0 Å². The van der Waals surface area contributed by atoms with Crippen molar-refractivity contribution in [3.63, 3.8) is 0 Å². The third kappa shape index (κ3) is 4.35. The van der Waals surface area contributed by atoms with E-state index in [1.165, 1.54) is 24.1 Å². The minimum Gasteiger partial charge on any atom is -0.325 e. The summed E-state index contributed by atoms with van der Waals surface area (Å²) in [5.41, 5.74) is 6.47. The van der Waals surface area contributed by atoms with Crippen LogP contribution >= 0.6 is 11.3 Å². The van der Waals surface area contributed by atoms with Gasteiger partial charge in [-0.3, -0.25) is 0 Å². The van der Waals surface area contributed by atoms with Gasteiger partial charge in [-0.2, -0.15) is 0 Å². The second-order valence-electron chi connectivity index (χ2n) is 4.40. The summed E-state index contributed by atoms with van der Waals surface area (Å²) < 4.78 is 0. The third-order valence-electron chi connectivity index (χ3n) is 3.18. The van der Waals surface area contributed by atoms with Crippen molar-refractivity contribution in [2.75, 3.05) is 0 Å². The molecule has 0 amide bonds. The predicted octanol–water partition coefficient (Wildman–Crippen LogP) is 3.98. The van der Waals surface area contributed by atoms with Crippen molar-refractivity contribution in [2.24, 2.45) is 5.73 Å². The zero-order valence-electron chi connectivity index (χ0n) is 9.96. The first kappa shape index (κ1) is 12.7. The van der Waals surface area contributed by atoms with Crippen LogP contribution in [0.5, 0.6) is 0 Å². The Balaban J connectivity index is 2.38. The average molecular weight is 225 g/mol. The summed E-state index contributed by atoms with van der Waals surface area (Å²) in [6.07, 6.45) is 7.05. The SMILES string of the molecule is CCCCC(N)(CC)CCc1cccs1. The Labute approximate surface area is 97.7 Å². The molecule has 0 aliphatic rings. The minimum atomic E-state index is 0.0694. The van der Waals surface area contributed by atoms with Crippen molar-refractivity contribution in [3.8, 4) is 0 Å². The Bertz CT molecular complexity index is 256. The van der Waals surface area contributed by atoms with Crippen LogP contribution in [0.15, 0.2) is 17.5 Å². The van der Waals surface area contributed by atoms with Crippen LogP contribution in [0.2, 0.25) is 0 Å². The summed E-state index contributed by atoms with van der Waals surface area (Å²) in [5, 5.41) is 2.14. The highest BCUT2D eigenvalue weighted by Gasteiger charge is 2.21. The molecule has 2 heteroatoms. The first-order chi connectivity index (χ1) is 7.20. The van der Waals surface area contributed by atoms with Gasteiger partial charge in [0.2, 0.25) is 0 Å². The molecule has 1 rings (SSSR count). The highest BCUT2D eigenvalue weighted by atomic mass is 32.1. The maximum absolute atomic E-state index is 6.40. The first-order valence-electron chi connectivity index (χ1n) is 6.01. The molecule has 0 spiro atoms. The fourth-order valence-electron chi connectivity index (χ4n) is 1.83. The van der Waals surface area contributed by atoms with E-state index in [4.69, 9.17) is 5.73 Å². The van der Waals surface area contributed by atoms with Gasteiger partial charge in [-0.15, -0.1) is 11.3 Å². The van der Waals surface area contributed by atoms with Crippen molar-refractivity contribution >= 4 is 11.3 Å². The van der Waals surface area contributed by atoms with E-state index in [0.717, 1.165) is 19.3 Å². The molecule has 0 saturated heterocycles. The maximum Gasteiger partial charge on any atom is 0.0155 e. The van der Waals surface area contributed by atoms with Crippen molar-refractivity contribution in [1.82, 2.24) is 0 Å². The number of thiophene rings is 1. The van der Waals surface area contributed by atoms with Gasteiger partial charge < -0.3 is 5.73 Å². The van der Waals surface area contributed by atoms with Gasteiger partial charge in [0.15, 0.2) is 0 Å². The van der Waals surface area contributed by atoms with E-state index in [2.05, 4.69) is 31.4 Å². The maximum atomic E-state index is 6.40. The quantitative estimate of drug-likeness (QED) is 0.746. The molecular weight excluding hydrogens is 202 g/mol. The Morgan fingerprint density at radius 1 is 1.33 bits per heavy atom. The van der Waals surface area contributed by atoms with Gasteiger partial charge in [0, 0.05) is 10.4 Å². The van der Waals surface area contributed by atoms with E-state index in [1.807, 2.05) is 11.3 Å². The molecule has 1 nitrogen and oxygen atoms in total. The van der Waals surface area contributed by atoms with Crippen molar-refractivity contribution < 1.29 is 0 Å². The van der Waals surface area contributed by atoms with Crippen LogP contribution in [-0.4, -0.2) is 5.54 Å². The van der Waals surface area contributed by atoms with Gasteiger partial charge in [-0.05, 0) is 37.1 Å². The van der Waals surface area contributed by atoms with Gasteiger partial charge in [-0.25, -0.2) is 0 Å². The number of aryl methyl sites for hydroxylation is 1. The molecule has 15 heavy (non-hydrogen) atoms. The number of hydrogen-bond donors (Lipinski definition) is 1. The molecule has 0 radical (unpaired) electrons. The van der Waals surface area contributed by atoms with Crippen LogP contribution in [0.3, 0.4) is 0 Å². The number of nitrogens with two attached hydrogens (primary N) is 1. The van der Waals surface area contributed by atoms with Crippen LogP contribution < -0.4 is 5.73 Å². The average Bonchev–Trinajstić information content (AvgIpc) is 2.76.